The molecule has 4 rings (SSSR count). The van der Waals surface area contributed by atoms with E-state index < -0.39 is 0 Å². The molecule has 0 radical (unpaired) electrons. The molecule has 1 heteroatoms. The summed E-state index contributed by atoms with van der Waals surface area (Å²) in [4.78, 5) is 0. The predicted octanol–water partition coefficient (Wildman–Crippen LogP) is 2.84. The largest absolute Gasteiger partial charge is 0.364 e. The van der Waals surface area contributed by atoms with Crippen molar-refractivity contribution in [3.8, 4) is 0 Å². The first-order valence-corrected chi connectivity index (χ1v) is 5.09. The molecule has 1 nitrogen and oxygen atoms in total. The van der Waals surface area contributed by atoms with Crippen molar-refractivity contribution < 1.29 is 4.74 Å². The van der Waals surface area contributed by atoms with Crippen molar-refractivity contribution in [1.82, 2.24) is 0 Å². The molecule has 1 aliphatic heterocycles. The van der Waals surface area contributed by atoms with Gasteiger partial charge in [0.15, 0.2) is 0 Å². The first-order valence-electron chi connectivity index (χ1n) is 5.09. The average Bonchev–Trinajstić information content (AvgIpc) is 2.90. The van der Waals surface area contributed by atoms with Crippen molar-refractivity contribution >= 4 is 10.8 Å². The SMILES string of the molecule is c1ccc2cc3c(cc2c1)C[C@@H]1O[C@H]31. The Labute approximate surface area is 82.3 Å². The lowest BCUT2D eigenvalue weighted by Gasteiger charge is -2.04. The summed E-state index contributed by atoms with van der Waals surface area (Å²) in [5.41, 5.74) is 2.92. The fourth-order valence-corrected chi connectivity index (χ4v) is 2.54. The third-order valence-electron chi connectivity index (χ3n) is 3.32. The van der Waals surface area contributed by atoms with Gasteiger partial charge >= 0.3 is 0 Å². The quantitative estimate of drug-likeness (QED) is 0.571. The maximum absolute atomic E-state index is 5.53. The highest BCUT2D eigenvalue weighted by Crippen LogP contribution is 2.49. The number of rotatable bonds is 0. The fourth-order valence-electron chi connectivity index (χ4n) is 2.54. The van der Waals surface area contributed by atoms with Gasteiger partial charge in [-0.1, -0.05) is 30.3 Å². The Morgan fingerprint density at radius 3 is 2.71 bits per heavy atom. The molecule has 2 aromatic carbocycles. The van der Waals surface area contributed by atoms with E-state index >= 15 is 0 Å². The normalized spacial score (nSPS) is 27.4. The van der Waals surface area contributed by atoms with E-state index in [1.807, 2.05) is 0 Å². The summed E-state index contributed by atoms with van der Waals surface area (Å²) in [6.07, 6.45) is 2.04. The summed E-state index contributed by atoms with van der Waals surface area (Å²) in [7, 11) is 0. The molecule has 0 N–H and O–H groups in total. The van der Waals surface area contributed by atoms with Gasteiger partial charge in [0.1, 0.15) is 6.10 Å². The molecule has 68 valence electrons. The van der Waals surface area contributed by atoms with Crippen LogP contribution in [0.4, 0.5) is 0 Å². The van der Waals surface area contributed by atoms with Gasteiger partial charge in [0.25, 0.3) is 0 Å². The van der Waals surface area contributed by atoms with Gasteiger partial charge in [-0.3, -0.25) is 0 Å². The maximum Gasteiger partial charge on any atom is 0.110 e. The standard InChI is InChI=1S/C13H10O/c1-2-4-9-6-11-10(5-8(9)3-1)7-12-13(11)14-12/h1-6,12-13H,7H2/t12-,13+/m0/s1. The minimum atomic E-state index is 0.426. The first-order chi connectivity index (χ1) is 6.92. The van der Waals surface area contributed by atoms with Crippen LogP contribution in [0, 0.1) is 0 Å². The molecule has 1 saturated heterocycles. The van der Waals surface area contributed by atoms with Crippen LogP contribution in [-0.2, 0) is 11.2 Å². The number of ether oxygens (including phenoxy) is 1. The van der Waals surface area contributed by atoms with Gasteiger partial charge < -0.3 is 4.74 Å². The van der Waals surface area contributed by atoms with Gasteiger partial charge in [-0.15, -0.1) is 0 Å². The molecule has 0 unspecified atom stereocenters. The predicted molar refractivity (Wildman–Crippen MR) is 55.3 cm³/mol. The van der Waals surface area contributed by atoms with E-state index in [1.165, 1.54) is 21.9 Å². The minimum Gasteiger partial charge on any atom is -0.364 e. The second kappa shape index (κ2) is 2.18. The van der Waals surface area contributed by atoms with E-state index in [1.54, 1.807) is 0 Å². The highest BCUT2D eigenvalue weighted by atomic mass is 16.6. The van der Waals surface area contributed by atoms with Crippen LogP contribution in [0.15, 0.2) is 36.4 Å². The van der Waals surface area contributed by atoms with Gasteiger partial charge in [-0.25, -0.2) is 0 Å². The molecule has 0 bridgehead atoms. The zero-order valence-corrected chi connectivity index (χ0v) is 7.73. The van der Waals surface area contributed by atoms with Crippen LogP contribution in [0.3, 0.4) is 0 Å². The average molecular weight is 182 g/mol. The van der Waals surface area contributed by atoms with Crippen molar-refractivity contribution in [2.45, 2.75) is 18.6 Å². The molecule has 1 fully saturated rings. The van der Waals surface area contributed by atoms with Gasteiger partial charge in [0.2, 0.25) is 0 Å². The molecule has 1 heterocycles. The summed E-state index contributed by atoms with van der Waals surface area (Å²) in [6.45, 7) is 0. The van der Waals surface area contributed by atoms with Gasteiger partial charge in [-0.05, 0) is 28.0 Å². The van der Waals surface area contributed by atoms with Crippen LogP contribution in [0.25, 0.3) is 10.8 Å². The number of benzene rings is 2. The molecule has 14 heavy (non-hydrogen) atoms. The Bertz CT molecular complexity index is 530. The van der Waals surface area contributed by atoms with Crippen molar-refractivity contribution in [1.29, 1.82) is 0 Å². The van der Waals surface area contributed by atoms with Crippen LogP contribution in [0.5, 0.6) is 0 Å². The van der Waals surface area contributed by atoms with Crippen molar-refractivity contribution in [2.75, 3.05) is 0 Å². The monoisotopic (exact) mass is 182 g/mol. The van der Waals surface area contributed by atoms with Crippen LogP contribution in [0.2, 0.25) is 0 Å². The van der Waals surface area contributed by atoms with E-state index in [2.05, 4.69) is 36.4 Å². The smallest absolute Gasteiger partial charge is 0.110 e. The van der Waals surface area contributed by atoms with E-state index in [-0.39, 0.29) is 0 Å². The molecular formula is C13H10O. The summed E-state index contributed by atoms with van der Waals surface area (Å²) in [6, 6.07) is 13.2. The number of epoxide rings is 1. The van der Waals surface area contributed by atoms with E-state index in [0.29, 0.717) is 12.2 Å². The van der Waals surface area contributed by atoms with Gasteiger partial charge in [0.05, 0.1) is 6.10 Å². The van der Waals surface area contributed by atoms with Gasteiger partial charge in [-0.2, -0.15) is 0 Å². The molecule has 2 atom stereocenters. The minimum absolute atomic E-state index is 0.426. The highest BCUT2D eigenvalue weighted by molar-refractivity contribution is 5.84. The summed E-state index contributed by atoms with van der Waals surface area (Å²) in [5.74, 6) is 0. The molecule has 2 aliphatic rings. The van der Waals surface area contributed by atoms with Crippen LogP contribution < -0.4 is 0 Å². The Balaban J connectivity index is 2.07. The topological polar surface area (TPSA) is 12.5 Å². The van der Waals surface area contributed by atoms with Crippen LogP contribution >= 0.6 is 0 Å². The van der Waals surface area contributed by atoms with E-state index in [4.69, 9.17) is 4.74 Å². The molecule has 0 amide bonds. The number of fused-ring (bicyclic) bond motifs is 4. The van der Waals surface area contributed by atoms with Gasteiger partial charge in [0, 0.05) is 6.42 Å². The van der Waals surface area contributed by atoms with Crippen molar-refractivity contribution in [3.05, 3.63) is 47.5 Å². The van der Waals surface area contributed by atoms with E-state index in [9.17, 15) is 0 Å². The highest BCUT2D eigenvalue weighted by Gasteiger charge is 2.46. The zero-order chi connectivity index (χ0) is 9.12. The number of hydrogen-bond acceptors (Lipinski definition) is 1. The maximum atomic E-state index is 5.53. The molecule has 0 saturated carbocycles. The lowest BCUT2D eigenvalue weighted by molar-refractivity contribution is 0.361. The summed E-state index contributed by atoms with van der Waals surface area (Å²) < 4.78 is 5.53. The Morgan fingerprint density at radius 1 is 1.07 bits per heavy atom. The molecule has 0 spiro atoms. The lowest BCUT2D eigenvalue weighted by Crippen LogP contribution is -1.89. The molecular weight excluding hydrogens is 172 g/mol. The molecule has 1 aliphatic carbocycles. The zero-order valence-electron chi connectivity index (χ0n) is 7.73. The van der Waals surface area contributed by atoms with Crippen LogP contribution in [-0.4, -0.2) is 6.10 Å². The van der Waals surface area contributed by atoms with Crippen molar-refractivity contribution in [3.63, 3.8) is 0 Å². The number of hydrogen-bond donors (Lipinski definition) is 0. The lowest BCUT2D eigenvalue weighted by atomic mass is 10.0. The third kappa shape index (κ3) is 0.782. The first kappa shape index (κ1) is 7.02. The Morgan fingerprint density at radius 2 is 1.86 bits per heavy atom. The molecule has 0 aromatic heterocycles. The fraction of sp³-hybridized carbons (Fsp3) is 0.231. The summed E-state index contributed by atoms with van der Waals surface area (Å²) >= 11 is 0. The van der Waals surface area contributed by atoms with E-state index in [0.717, 1.165) is 6.42 Å². The van der Waals surface area contributed by atoms with Crippen LogP contribution in [0.1, 0.15) is 17.2 Å². The Hall–Kier alpha value is -1.34. The van der Waals surface area contributed by atoms with Crippen molar-refractivity contribution in [2.24, 2.45) is 0 Å². The molecule has 2 aromatic rings. The Kier molecular flexibility index (Phi) is 1.09. The second-order valence-corrected chi connectivity index (χ2v) is 4.20. The second-order valence-electron chi connectivity index (χ2n) is 4.20. The third-order valence-corrected chi connectivity index (χ3v) is 3.32. The summed E-state index contributed by atoms with van der Waals surface area (Å²) in [5, 5.41) is 2.69.